The predicted octanol–water partition coefficient (Wildman–Crippen LogP) is 3.16. The number of carbonyl (C=O) groups excluding carboxylic acids is 1. The summed E-state index contributed by atoms with van der Waals surface area (Å²) in [5.74, 6) is 1.67. The van der Waals surface area contributed by atoms with Gasteiger partial charge in [0.05, 0.1) is 12.3 Å². The van der Waals surface area contributed by atoms with Crippen molar-refractivity contribution >= 4 is 11.6 Å². The number of nitrogens with one attached hydrogen (secondary N) is 1. The van der Waals surface area contributed by atoms with Crippen molar-refractivity contribution in [2.45, 2.75) is 26.4 Å². The zero-order valence-corrected chi connectivity index (χ0v) is 14.9. The molecule has 2 aromatic carbocycles. The van der Waals surface area contributed by atoms with Crippen molar-refractivity contribution in [1.82, 2.24) is 5.43 Å². The molecule has 1 heterocycles. The third-order valence-electron chi connectivity index (χ3n) is 3.88. The lowest BCUT2D eigenvalue weighted by Crippen LogP contribution is -2.42. The molecule has 1 aliphatic heterocycles. The zero-order chi connectivity index (χ0) is 18.4. The summed E-state index contributed by atoms with van der Waals surface area (Å²) < 4.78 is 16.8. The smallest absolute Gasteiger partial charge is 0.284 e. The number of fused-ring (bicyclic) bond motifs is 1. The van der Waals surface area contributed by atoms with Gasteiger partial charge in [-0.1, -0.05) is 19.1 Å². The Morgan fingerprint density at radius 1 is 1.19 bits per heavy atom. The molecule has 1 N–H and O–H groups in total. The molecular weight excluding hydrogens is 332 g/mol. The molecule has 2 aromatic rings. The SMILES string of the molecule is CCCOc1ccc(/C(C)=N\NC(=O)[C@H]2COc3ccccc3O2)cc1. The highest BCUT2D eigenvalue weighted by Gasteiger charge is 2.27. The van der Waals surface area contributed by atoms with Crippen LogP contribution in [-0.2, 0) is 4.79 Å². The minimum absolute atomic E-state index is 0.154. The van der Waals surface area contributed by atoms with Crippen LogP contribution in [0.3, 0.4) is 0 Å². The molecule has 0 aromatic heterocycles. The first-order valence-electron chi connectivity index (χ1n) is 8.63. The normalized spacial score (nSPS) is 16.1. The van der Waals surface area contributed by atoms with Crippen molar-refractivity contribution in [3.05, 3.63) is 54.1 Å². The molecule has 6 nitrogen and oxygen atoms in total. The van der Waals surface area contributed by atoms with Crippen LogP contribution in [0.5, 0.6) is 17.2 Å². The van der Waals surface area contributed by atoms with Crippen LogP contribution >= 0.6 is 0 Å². The molecular formula is C20H22N2O4. The number of hydrazone groups is 1. The lowest BCUT2D eigenvalue weighted by molar-refractivity contribution is -0.130. The molecule has 0 saturated carbocycles. The zero-order valence-electron chi connectivity index (χ0n) is 14.9. The molecule has 0 aliphatic carbocycles. The topological polar surface area (TPSA) is 69.2 Å². The van der Waals surface area contributed by atoms with Gasteiger partial charge in [0.2, 0.25) is 6.10 Å². The van der Waals surface area contributed by atoms with Crippen molar-refractivity contribution < 1.29 is 19.0 Å². The second kappa shape index (κ2) is 8.38. The number of benzene rings is 2. The van der Waals surface area contributed by atoms with Gasteiger partial charge in [-0.3, -0.25) is 4.79 Å². The molecule has 1 atom stereocenters. The van der Waals surface area contributed by atoms with Crippen LogP contribution in [-0.4, -0.2) is 30.9 Å². The van der Waals surface area contributed by atoms with Crippen molar-refractivity contribution in [2.24, 2.45) is 5.10 Å². The molecule has 0 saturated heterocycles. The minimum Gasteiger partial charge on any atom is -0.494 e. The van der Waals surface area contributed by atoms with E-state index >= 15 is 0 Å². The third-order valence-corrected chi connectivity index (χ3v) is 3.88. The number of nitrogens with zero attached hydrogens (tertiary/aromatic N) is 1. The maximum atomic E-state index is 12.3. The van der Waals surface area contributed by atoms with E-state index < -0.39 is 6.10 Å². The van der Waals surface area contributed by atoms with Crippen LogP contribution < -0.4 is 19.6 Å². The van der Waals surface area contributed by atoms with Crippen LogP contribution in [0, 0.1) is 0 Å². The Morgan fingerprint density at radius 2 is 1.92 bits per heavy atom. The molecule has 0 spiro atoms. The predicted molar refractivity (Wildman–Crippen MR) is 98.9 cm³/mol. The lowest BCUT2D eigenvalue weighted by Gasteiger charge is -2.24. The summed E-state index contributed by atoms with van der Waals surface area (Å²) in [5, 5.41) is 4.16. The number of hydrogen-bond donors (Lipinski definition) is 1. The summed E-state index contributed by atoms with van der Waals surface area (Å²) in [7, 11) is 0. The number of para-hydroxylation sites is 2. The Labute approximate surface area is 152 Å². The molecule has 6 heteroatoms. The number of rotatable bonds is 6. The van der Waals surface area contributed by atoms with Gasteiger partial charge in [0.25, 0.3) is 5.91 Å². The molecule has 0 radical (unpaired) electrons. The number of carbonyl (C=O) groups is 1. The average molecular weight is 354 g/mol. The Morgan fingerprint density at radius 3 is 2.65 bits per heavy atom. The van der Waals surface area contributed by atoms with Gasteiger partial charge >= 0.3 is 0 Å². The summed E-state index contributed by atoms with van der Waals surface area (Å²) in [6, 6.07) is 14.9. The summed E-state index contributed by atoms with van der Waals surface area (Å²) in [6.45, 7) is 4.74. The van der Waals surface area contributed by atoms with E-state index in [0.717, 1.165) is 17.7 Å². The van der Waals surface area contributed by atoms with E-state index in [1.807, 2.05) is 43.3 Å². The molecule has 136 valence electrons. The summed E-state index contributed by atoms with van der Waals surface area (Å²) in [6.07, 6.45) is 0.234. The van der Waals surface area contributed by atoms with E-state index in [9.17, 15) is 4.79 Å². The first-order chi connectivity index (χ1) is 12.7. The maximum absolute atomic E-state index is 12.3. The van der Waals surface area contributed by atoms with Crippen molar-refractivity contribution in [3.8, 4) is 17.2 Å². The van der Waals surface area contributed by atoms with Crippen LogP contribution in [0.4, 0.5) is 0 Å². The highest BCUT2D eigenvalue weighted by Crippen LogP contribution is 2.30. The summed E-state index contributed by atoms with van der Waals surface area (Å²) >= 11 is 0. The van der Waals surface area contributed by atoms with Crippen molar-refractivity contribution in [2.75, 3.05) is 13.2 Å². The third kappa shape index (κ3) is 4.33. The van der Waals surface area contributed by atoms with Crippen LogP contribution in [0.15, 0.2) is 53.6 Å². The van der Waals surface area contributed by atoms with Gasteiger partial charge in [-0.25, -0.2) is 5.43 Å². The fourth-order valence-corrected chi connectivity index (χ4v) is 2.44. The van der Waals surface area contributed by atoms with Gasteiger partial charge in [-0.15, -0.1) is 0 Å². The van der Waals surface area contributed by atoms with Gasteiger partial charge in [-0.2, -0.15) is 5.10 Å². The summed E-state index contributed by atoms with van der Waals surface area (Å²) in [5.41, 5.74) is 4.14. The first-order valence-corrected chi connectivity index (χ1v) is 8.63. The second-order valence-electron chi connectivity index (χ2n) is 5.91. The van der Waals surface area contributed by atoms with E-state index in [1.54, 1.807) is 12.1 Å². The van der Waals surface area contributed by atoms with Gasteiger partial charge in [0.15, 0.2) is 11.5 Å². The standard InChI is InChI=1S/C20H22N2O4/c1-3-12-24-16-10-8-15(9-11-16)14(2)21-22-20(23)19-13-25-17-6-4-5-7-18(17)26-19/h4-11,19H,3,12-13H2,1-2H3,(H,22,23)/b21-14-/t19-/m1/s1. The Bertz CT molecular complexity index is 787. The summed E-state index contributed by atoms with van der Waals surface area (Å²) in [4.78, 5) is 12.3. The Kier molecular flexibility index (Phi) is 5.73. The molecule has 3 rings (SSSR count). The molecule has 1 amide bonds. The average Bonchev–Trinajstić information content (AvgIpc) is 2.70. The lowest BCUT2D eigenvalue weighted by atomic mass is 10.1. The highest BCUT2D eigenvalue weighted by atomic mass is 16.6. The van der Waals surface area contributed by atoms with Crippen molar-refractivity contribution in [3.63, 3.8) is 0 Å². The van der Waals surface area contributed by atoms with Crippen LogP contribution in [0.2, 0.25) is 0 Å². The van der Waals surface area contributed by atoms with Crippen LogP contribution in [0.25, 0.3) is 0 Å². The maximum Gasteiger partial charge on any atom is 0.284 e. The van der Waals surface area contributed by atoms with E-state index in [1.165, 1.54) is 0 Å². The largest absolute Gasteiger partial charge is 0.494 e. The van der Waals surface area contributed by atoms with Gasteiger partial charge in [0, 0.05) is 0 Å². The van der Waals surface area contributed by atoms with E-state index in [0.29, 0.717) is 23.8 Å². The fraction of sp³-hybridized carbons (Fsp3) is 0.300. The quantitative estimate of drug-likeness (QED) is 0.639. The Balaban J connectivity index is 1.58. The monoisotopic (exact) mass is 354 g/mol. The highest BCUT2D eigenvalue weighted by molar-refractivity contribution is 5.99. The van der Waals surface area contributed by atoms with Gasteiger partial charge in [0.1, 0.15) is 12.4 Å². The number of amides is 1. The second-order valence-corrected chi connectivity index (χ2v) is 5.91. The van der Waals surface area contributed by atoms with E-state index in [4.69, 9.17) is 14.2 Å². The van der Waals surface area contributed by atoms with Gasteiger partial charge in [-0.05, 0) is 55.3 Å². The molecule has 0 fully saturated rings. The van der Waals surface area contributed by atoms with E-state index in [2.05, 4.69) is 17.5 Å². The molecule has 26 heavy (non-hydrogen) atoms. The van der Waals surface area contributed by atoms with Crippen molar-refractivity contribution in [1.29, 1.82) is 0 Å². The van der Waals surface area contributed by atoms with E-state index in [-0.39, 0.29) is 12.5 Å². The van der Waals surface area contributed by atoms with Gasteiger partial charge < -0.3 is 14.2 Å². The number of ether oxygens (including phenoxy) is 3. The number of hydrogen-bond acceptors (Lipinski definition) is 5. The first kappa shape index (κ1) is 17.8. The Hall–Kier alpha value is -3.02. The molecule has 1 aliphatic rings. The van der Waals surface area contributed by atoms with Crippen LogP contribution in [0.1, 0.15) is 25.8 Å². The molecule has 0 unspecified atom stereocenters. The molecule has 0 bridgehead atoms. The fourth-order valence-electron chi connectivity index (χ4n) is 2.44. The minimum atomic E-state index is -0.730.